The first-order valence-electron chi connectivity index (χ1n) is 12.1. The highest BCUT2D eigenvalue weighted by atomic mass is 32.2. The van der Waals surface area contributed by atoms with Crippen LogP contribution >= 0.6 is 0 Å². The summed E-state index contributed by atoms with van der Waals surface area (Å²) in [7, 11) is -2.20. The van der Waals surface area contributed by atoms with Crippen molar-refractivity contribution < 1.29 is 27.4 Å². The average Bonchev–Trinajstić information content (AvgIpc) is 3.46. The Bertz CT molecular complexity index is 1310. The zero-order valence-corrected chi connectivity index (χ0v) is 22.0. The highest BCUT2D eigenvalue weighted by Crippen LogP contribution is 2.41. The number of ether oxygens (including phenoxy) is 3. The second kappa shape index (κ2) is 11.4. The normalized spacial score (nSPS) is 21.2. The SMILES string of the molecule is CS(=O)CCCOc1ccc(Oc2cccc3c2CCC3Oc2ccc(C3CC(=O)NS3=O)cc2)cn1. The van der Waals surface area contributed by atoms with E-state index in [4.69, 9.17) is 14.2 Å². The molecule has 2 heterocycles. The fourth-order valence-corrected chi connectivity index (χ4v) is 6.20. The van der Waals surface area contributed by atoms with Gasteiger partial charge in [0.1, 0.15) is 34.3 Å². The van der Waals surface area contributed by atoms with Crippen molar-refractivity contribution in [3.63, 3.8) is 0 Å². The smallest absolute Gasteiger partial charge is 0.233 e. The van der Waals surface area contributed by atoms with Crippen LogP contribution in [0.3, 0.4) is 0 Å². The molecule has 0 bridgehead atoms. The number of hydrogen-bond donors (Lipinski definition) is 1. The van der Waals surface area contributed by atoms with Crippen LogP contribution in [0.4, 0.5) is 0 Å². The third-order valence-corrected chi connectivity index (χ3v) is 8.56. The van der Waals surface area contributed by atoms with E-state index in [1.54, 1.807) is 18.5 Å². The number of carbonyl (C=O) groups excluding carboxylic acids is 1. The van der Waals surface area contributed by atoms with Gasteiger partial charge in [0.05, 0.1) is 18.1 Å². The number of rotatable bonds is 10. The zero-order chi connectivity index (χ0) is 25.8. The van der Waals surface area contributed by atoms with Crippen LogP contribution in [0.25, 0.3) is 0 Å². The first-order chi connectivity index (χ1) is 18.0. The molecule has 1 aromatic heterocycles. The summed E-state index contributed by atoms with van der Waals surface area (Å²) in [6, 6.07) is 17.0. The summed E-state index contributed by atoms with van der Waals surface area (Å²) < 4.78 is 43.7. The molecule has 2 aliphatic rings. The van der Waals surface area contributed by atoms with Gasteiger partial charge >= 0.3 is 0 Å². The largest absolute Gasteiger partial charge is 0.486 e. The van der Waals surface area contributed by atoms with E-state index in [0.717, 1.165) is 41.0 Å². The second-order valence-electron chi connectivity index (χ2n) is 8.97. The molecule has 1 N–H and O–H groups in total. The third-order valence-electron chi connectivity index (χ3n) is 6.31. The number of pyridine rings is 1. The van der Waals surface area contributed by atoms with Crippen LogP contribution < -0.4 is 18.9 Å². The van der Waals surface area contributed by atoms with Crippen LogP contribution in [0.1, 0.15) is 47.3 Å². The molecule has 194 valence electrons. The molecular formula is C27H28N2O6S2. The molecule has 10 heteroatoms. The van der Waals surface area contributed by atoms with Gasteiger partial charge < -0.3 is 14.2 Å². The van der Waals surface area contributed by atoms with Crippen LogP contribution in [0.2, 0.25) is 0 Å². The molecule has 2 aromatic carbocycles. The molecule has 37 heavy (non-hydrogen) atoms. The van der Waals surface area contributed by atoms with Crippen molar-refractivity contribution in [3.05, 3.63) is 77.5 Å². The van der Waals surface area contributed by atoms with Gasteiger partial charge in [0, 0.05) is 40.9 Å². The Balaban J connectivity index is 1.21. The quantitative estimate of drug-likeness (QED) is 0.382. The number of nitrogens with zero attached hydrogens (tertiary/aromatic N) is 1. The molecule has 1 fully saturated rings. The van der Waals surface area contributed by atoms with Gasteiger partial charge in [0.25, 0.3) is 0 Å². The minimum Gasteiger partial charge on any atom is -0.486 e. The standard InChI is InChI=1S/C27H28N2O6S2/c1-36(31)15-3-14-33-27-13-10-20(17-28-27)35-23-5-2-4-21-22(23)11-12-24(21)34-19-8-6-18(7-9-19)25-16-26(30)29-37(25)32/h2,4-10,13,17,24-25H,3,11-12,14-16H2,1H3,(H,29,30). The van der Waals surface area contributed by atoms with Crippen molar-refractivity contribution in [1.82, 2.24) is 9.71 Å². The maximum absolute atomic E-state index is 12.1. The molecule has 5 rings (SSSR count). The lowest BCUT2D eigenvalue weighted by molar-refractivity contribution is -0.118. The lowest BCUT2D eigenvalue weighted by Gasteiger charge is -2.17. The van der Waals surface area contributed by atoms with E-state index in [9.17, 15) is 13.2 Å². The van der Waals surface area contributed by atoms with Crippen molar-refractivity contribution in [2.75, 3.05) is 18.6 Å². The summed E-state index contributed by atoms with van der Waals surface area (Å²) >= 11 is 0. The predicted molar refractivity (Wildman–Crippen MR) is 142 cm³/mol. The predicted octanol–water partition coefficient (Wildman–Crippen LogP) is 4.31. The van der Waals surface area contributed by atoms with Crippen molar-refractivity contribution in [2.45, 2.75) is 37.0 Å². The molecule has 1 saturated heterocycles. The highest BCUT2D eigenvalue weighted by molar-refractivity contribution is 7.84. The van der Waals surface area contributed by atoms with Gasteiger partial charge in [-0.3, -0.25) is 13.7 Å². The topological polar surface area (TPSA) is 104 Å². The van der Waals surface area contributed by atoms with Gasteiger partial charge in [-0.15, -0.1) is 0 Å². The second-order valence-corrected chi connectivity index (χ2v) is 11.9. The molecule has 4 atom stereocenters. The maximum Gasteiger partial charge on any atom is 0.233 e. The fourth-order valence-electron chi connectivity index (χ4n) is 4.51. The Kier molecular flexibility index (Phi) is 7.85. The molecule has 0 saturated carbocycles. The van der Waals surface area contributed by atoms with E-state index < -0.39 is 21.8 Å². The van der Waals surface area contributed by atoms with Gasteiger partial charge in [0.2, 0.25) is 11.8 Å². The number of amides is 1. The molecule has 3 aromatic rings. The van der Waals surface area contributed by atoms with Gasteiger partial charge in [-0.05, 0) is 54.7 Å². The van der Waals surface area contributed by atoms with Crippen molar-refractivity contribution in [1.29, 1.82) is 0 Å². The Morgan fingerprint density at radius 3 is 2.62 bits per heavy atom. The van der Waals surface area contributed by atoms with Crippen molar-refractivity contribution in [2.24, 2.45) is 0 Å². The molecule has 8 nitrogen and oxygen atoms in total. The highest BCUT2D eigenvalue weighted by Gasteiger charge is 2.31. The van der Waals surface area contributed by atoms with Gasteiger partial charge in [-0.1, -0.05) is 24.3 Å². The van der Waals surface area contributed by atoms with Crippen LogP contribution in [0.5, 0.6) is 23.1 Å². The van der Waals surface area contributed by atoms with E-state index in [1.807, 2.05) is 42.5 Å². The third kappa shape index (κ3) is 6.19. The minimum atomic E-state index is -1.38. The summed E-state index contributed by atoms with van der Waals surface area (Å²) in [5, 5.41) is -0.323. The molecule has 0 radical (unpaired) electrons. The molecule has 1 aliphatic carbocycles. The van der Waals surface area contributed by atoms with E-state index in [1.165, 1.54) is 0 Å². The summed E-state index contributed by atoms with van der Waals surface area (Å²) in [6.45, 7) is 0.472. The molecule has 4 unspecified atom stereocenters. The summed E-state index contributed by atoms with van der Waals surface area (Å²) in [6.07, 6.45) is 5.83. The average molecular weight is 541 g/mol. The van der Waals surface area contributed by atoms with Crippen LogP contribution in [0.15, 0.2) is 60.8 Å². The van der Waals surface area contributed by atoms with Crippen molar-refractivity contribution in [3.8, 4) is 23.1 Å². The summed E-state index contributed by atoms with van der Waals surface area (Å²) in [5.74, 6) is 3.05. The van der Waals surface area contributed by atoms with E-state index in [2.05, 4.69) is 15.8 Å². The van der Waals surface area contributed by atoms with E-state index >= 15 is 0 Å². The molecular weight excluding hydrogens is 512 g/mol. The van der Waals surface area contributed by atoms with Crippen LogP contribution in [-0.4, -0.2) is 37.9 Å². The first-order valence-corrected chi connectivity index (χ1v) is 15.1. The number of nitrogens with one attached hydrogen (secondary N) is 1. The first kappa shape index (κ1) is 25.4. The number of aromatic nitrogens is 1. The van der Waals surface area contributed by atoms with Gasteiger partial charge in [-0.2, -0.15) is 0 Å². The Hall–Kier alpha value is -3.24. The van der Waals surface area contributed by atoms with E-state index in [-0.39, 0.29) is 23.7 Å². The van der Waals surface area contributed by atoms with Crippen LogP contribution in [-0.2, 0) is 33.0 Å². The molecule has 1 amide bonds. The van der Waals surface area contributed by atoms with Gasteiger partial charge in [0.15, 0.2) is 0 Å². The summed E-state index contributed by atoms with van der Waals surface area (Å²) in [5.41, 5.74) is 3.06. The molecule has 1 aliphatic heterocycles. The lowest BCUT2D eigenvalue weighted by Crippen LogP contribution is -2.15. The van der Waals surface area contributed by atoms with E-state index in [0.29, 0.717) is 30.4 Å². The molecule has 0 spiro atoms. The Morgan fingerprint density at radius 1 is 1.11 bits per heavy atom. The Labute approximate surface area is 220 Å². The zero-order valence-electron chi connectivity index (χ0n) is 20.4. The summed E-state index contributed by atoms with van der Waals surface area (Å²) in [4.78, 5) is 15.8. The lowest BCUT2D eigenvalue weighted by atomic mass is 10.1. The number of hydrogen-bond acceptors (Lipinski definition) is 7. The monoisotopic (exact) mass is 540 g/mol. The van der Waals surface area contributed by atoms with Gasteiger partial charge in [-0.25, -0.2) is 9.19 Å². The number of carbonyl (C=O) groups is 1. The van der Waals surface area contributed by atoms with Crippen molar-refractivity contribution >= 4 is 27.7 Å². The number of benzene rings is 2. The fraction of sp³-hybridized carbons (Fsp3) is 0.333. The minimum absolute atomic E-state index is 0.0976. The maximum atomic E-state index is 12.1. The number of fused-ring (bicyclic) bond motifs is 1. The Morgan fingerprint density at radius 2 is 1.92 bits per heavy atom. The van der Waals surface area contributed by atoms with Crippen LogP contribution in [0, 0.1) is 0 Å².